The van der Waals surface area contributed by atoms with Crippen molar-refractivity contribution < 1.29 is 0 Å². The van der Waals surface area contributed by atoms with E-state index in [-0.39, 0.29) is 0 Å². The number of hydrogen-bond acceptors (Lipinski definition) is 3. The maximum Gasteiger partial charge on any atom is 0.171 e. The van der Waals surface area contributed by atoms with E-state index in [1.54, 1.807) is 11.3 Å². The number of aryl methyl sites for hydroxylation is 1. The number of hydrogen-bond donors (Lipinski definition) is 0. The molecule has 2 heterocycles. The number of aromatic nitrogens is 2. The summed E-state index contributed by atoms with van der Waals surface area (Å²) < 4.78 is 0.861. The molecule has 0 amide bonds. The lowest BCUT2D eigenvalue weighted by molar-refractivity contribution is 0.981. The van der Waals surface area contributed by atoms with E-state index in [9.17, 15) is 0 Å². The van der Waals surface area contributed by atoms with Crippen LogP contribution in [-0.4, -0.2) is 9.97 Å². The quantitative estimate of drug-likeness (QED) is 0.739. The third-order valence-corrected chi connectivity index (χ3v) is 5.16. The fourth-order valence-electron chi connectivity index (χ4n) is 1.77. The highest BCUT2D eigenvalue weighted by Gasteiger charge is 2.29. The minimum absolute atomic E-state index is 0.518. The van der Waals surface area contributed by atoms with Gasteiger partial charge in [-0.25, -0.2) is 9.97 Å². The minimum atomic E-state index is 0.518. The average molecular weight is 330 g/mol. The second kappa shape index (κ2) is 4.34. The summed E-state index contributed by atoms with van der Waals surface area (Å²) in [5.74, 6) is 1.32. The highest BCUT2D eigenvalue weighted by molar-refractivity contribution is 9.10. The lowest BCUT2D eigenvalue weighted by Crippen LogP contribution is -1.97. The third-order valence-electron chi connectivity index (χ3n) is 2.87. The number of thiophene rings is 1. The van der Waals surface area contributed by atoms with Crippen LogP contribution in [0, 0.1) is 6.92 Å². The zero-order valence-corrected chi connectivity index (χ0v) is 12.4. The highest BCUT2D eigenvalue weighted by Crippen LogP contribution is 2.44. The van der Waals surface area contributed by atoms with Gasteiger partial charge in [0.25, 0.3) is 0 Å². The van der Waals surface area contributed by atoms with Crippen molar-refractivity contribution in [3.8, 4) is 10.7 Å². The molecule has 2 aromatic rings. The first-order valence-corrected chi connectivity index (χ1v) is 7.49. The smallest absolute Gasteiger partial charge is 0.171 e. The highest BCUT2D eigenvalue weighted by atomic mass is 79.9. The van der Waals surface area contributed by atoms with Crippen molar-refractivity contribution in [2.45, 2.75) is 25.7 Å². The Morgan fingerprint density at radius 2 is 2.18 bits per heavy atom. The Labute approximate surface area is 117 Å². The average Bonchev–Trinajstić information content (AvgIpc) is 3.05. The predicted octanol–water partition coefficient (Wildman–Crippen LogP) is 4.81. The van der Waals surface area contributed by atoms with Crippen LogP contribution < -0.4 is 0 Å². The van der Waals surface area contributed by atoms with E-state index in [4.69, 9.17) is 11.6 Å². The van der Waals surface area contributed by atoms with Crippen molar-refractivity contribution in [2.75, 3.05) is 0 Å². The van der Waals surface area contributed by atoms with Gasteiger partial charge in [-0.1, -0.05) is 11.6 Å². The zero-order chi connectivity index (χ0) is 12.0. The molecule has 0 aromatic carbocycles. The molecule has 0 spiro atoms. The fraction of sp³-hybridized carbons (Fsp3) is 0.333. The molecule has 0 unspecified atom stereocenters. The van der Waals surface area contributed by atoms with E-state index >= 15 is 0 Å². The Morgan fingerprint density at radius 3 is 2.76 bits per heavy atom. The van der Waals surface area contributed by atoms with Gasteiger partial charge in [0.2, 0.25) is 0 Å². The minimum Gasteiger partial charge on any atom is -0.231 e. The molecule has 17 heavy (non-hydrogen) atoms. The van der Waals surface area contributed by atoms with E-state index in [0.29, 0.717) is 11.1 Å². The van der Waals surface area contributed by atoms with Crippen LogP contribution in [-0.2, 0) is 0 Å². The largest absolute Gasteiger partial charge is 0.231 e. The SMILES string of the molecule is Cc1ccsc1-c1nc(Cl)c(Br)c(C2CC2)n1. The van der Waals surface area contributed by atoms with Crippen LogP contribution in [0.2, 0.25) is 5.15 Å². The topological polar surface area (TPSA) is 25.8 Å². The van der Waals surface area contributed by atoms with E-state index in [1.165, 1.54) is 18.4 Å². The molecule has 0 saturated heterocycles. The molecule has 0 N–H and O–H groups in total. The molecule has 5 heteroatoms. The molecular weight excluding hydrogens is 320 g/mol. The summed E-state index contributed by atoms with van der Waals surface area (Å²) >= 11 is 11.3. The lowest BCUT2D eigenvalue weighted by Gasteiger charge is -2.06. The van der Waals surface area contributed by atoms with Crippen LogP contribution >= 0.6 is 38.9 Å². The maximum absolute atomic E-state index is 6.17. The zero-order valence-electron chi connectivity index (χ0n) is 9.20. The third kappa shape index (κ3) is 2.14. The molecule has 1 aliphatic rings. The molecule has 0 radical (unpaired) electrons. The molecule has 2 nitrogen and oxygen atoms in total. The van der Waals surface area contributed by atoms with E-state index < -0.39 is 0 Å². The Morgan fingerprint density at radius 1 is 1.41 bits per heavy atom. The first-order valence-electron chi connectivity index (χ1n) is 5.44. The molecule has 1 aliphatic carbocycles. The number of nitrogens with zero attached hydrogens (tertiary/aromatic N) is 2. The molecule has 1 saturated carbocycles. The van der Waals surface area contributed by atoms with Gasteiger partial charge in [0.05, 0.1) is 15.0 Å². The predicted molar refractivity (Wildman–Crippen MR) is 74.8 cm³/mol. The Hall–Kier alpha value is -0.450. The monoisotopic (exact) mass is 328 g/mol. The van der Waals surface area contributed by atoms with Gasteiger partial charge in [0, 0.05) is 5.92 Å². The summed E-state index contributed by atoms with van der Waals surface area (Å²) in [5.41, 5.74) is 2.27. The van der Waals surface area contributed by atoms with Crippen molar-refractivity contribution in [3.63, 3.8) is 0 Å². The Bertz CT molecular complexity index is 578. The van der Waals surface area contributed by atoms with Crippen molar-refractivity contribution in [2.24, 2.45) is 0 Å². The van der Waals surface area contributed by atoms with Crippen molar-refractivity contribution in [3.05, 3.63) is 32.3 Å². The van der Waals surface area contributed by atoms with Crippen molar-refractivity contribution in [1.82, 2.24) is 9.97 Å². The van der Waals surface area contributed by atoms with Gasteiger partial charge >= 0.3 is 0 Å². The standard InChI is InChI=1S/C12H10BrClN2S/c1-6-4-5-17-10(6)12-15-9(7-2-3-7)8(13)11(14)16-12/h4-5,7H,2-3H2,1H3. The van der Waals surface area contributed by atoms with Gasteiger partial charge in [0.1, 0.15) is 5.15 Å². The molecule has 3 rings (SSSR count). The van der Waals surface area contributed by atoms with Crippen LogP contribution in [0.3, 0.4) is 0 Å². The van der Waals surface area contributed by atoms with Crippen LogP contribution in [0.25, 0.3) is 10.7 Å². The van der Waals surface area contributed by atoms with Gasteiger partial charge in [-0.05, 0) is 52.7 Å². The van der Waals surface area contributed by atoms with Gasteiger partial charge in [0.15, 0.2) is 5.82 Å². The summed E-state index contributed by atoms with van der Waals surface area (Å²) in [7, 11) is 0. The molecule has 0 bridgehead atoms. The molecule has 1 fully saturated rings. The van der Waals surface area contributed by atoms with E-state index in [2.05, 4.69) is 44.3 Å². The molecular formula is C12H10BrClN2S. The number of halogens is 2. The fourth-order valence-corrected chi connectivity index (χ4v) is 3.30. The van der Waals surface area contributed by atoms with Crippen molar-refractivity contribution in [1.29, 1.82) is 0 Å². The maximum atomic E-state index is 6.17. The first-order chi connectivity index (χ1) is 8.16. The van der Waals surface area contributed by atoms with Crippen molar-refractivity contribution >= 4 is 38.9 Å². The Balaban J connectivity index is 2.15. The van der Waals surface area contributed by atoms with Gasteiger partial charge in [-0.2, -0.15) is 0 Å². The molecule has 0 atom stereocenters. The first kappa shape index (κ1) is 11.6. The summed E-state index contributed by atoms with van der Waals surface area (Å²) in [6.45, 7) is 2.07. The number of rotatable bonds is 2. The molecule has 2 aromatic heterocycles. The molecule has 0 aliphatic heterocycles. The van der Waals surface area contributed by atoms with Crippen LogP contribution in [0.4, 0.5) is 0 Å². The van der Waals surface area contributed by atoms with Gasteiger partial charge in [-0.15, -0.1) is 11.3 Å². The normalized spacial score (nSPS) is 15.2. The summed E-state index contributed by atoms with van der Waals surface area (Å²) in [6, 6.07) is 2.08. The lowest BCUT2D eigenvalue weighted by atomic mass is 10.2. The van der Waals surface area contributed by atoms with Gasteiger partial charge < -0.3 is 0 Å². The van der Waals surface area contributed by atoms with E-state index in [1.807, 2.05) is 0 Å². The second-order valence-corrected chi connectivity index (χ2v) is 6.31. The molecule has 88 valence electrons. The second-order valence-electron chi connectivity index (χ2n) is 4.24. The van der Waals surface area contributed by atoms with Crippen LogP contribution in [0.15, 0.2) is 15.9 Å². The Kier molecular flexibility index (Phi) is 2.97. The summed E-state index contributed by atoms with van der Waals surface area (Å²) in [4.78, 5) is 10.1. The van der Waals surface area contributed by atoms with Gasteiger partial charge in [-0.3, -0.25) is 0 Å². The van der Waals surface area contributed by atoms with E-state index in [0.717, 1.165) is 20.9 Å². The summed E-state index contributed by atoms with van der Waals surface area (Å²) in [6.07, 6.45) is 2.41. The summed E-state index contributed by atoms with van der Waals surface area (Å²) in [5, 5.41) is 2.57. The van der Waals surface area contributed by atoms with Crippen LogP contribution in [0.1, 0.15) is 30.0 Å². The van der Waals surface area contributed by atoms with Crippen LogP contribution in [0.5, 0.6) is 0 Å².